The Bertz CT molecular complexity index is 756. The molecule has 27 heavy (non-hydrogen) atoms. The third-order valence-corrected chi connectivity index (χ3v) is 4.62. The predicted octanol–water partition coefficient (Wildman–Crippen LogP) is 3.93. The number of anilines is 1. The zero-order valence-corrected chi connectivity index (χ0v) is 16.2. The second kappa shape index (κ2) is 8.91. The molecule has 1 aliphatic heterocycles. The largest absolute Gasteiger partial charge is 0.460 e. The predicted molar refractivity (Wildman–Crippen MR) is 103 cm³/mol. The molecule has 1 unspecified atom stereocenters. The van der Waals surface area contributed by atoms with Gasteiger partial charge in [0.1, 0.15) is 11.4 Å². The highest BCUT2D eigenvalue weighted by atomic mass is 19.1. The summed E-state index contributed by atoms with van der Waals surface area (Å²) >= 11 is 0. The summed E-state index contributed by atoms with van der Waals surface area (Å²) in [5.74, 6) is 0.755. The number of carbonyl (C=O) groups excluding carboxylic acids is 1. The number of carbonyl (C=O) groups is 1. The van der Waals surface area contributed by atoms with Crippen molar-refractivity contribution >= 4 is 18.4 Å². The lowest BCUT2D eigenvalue weighted by Crippen LogP contribution is -2.36. The molecule has 1 fully saturated rings. The van der Waals surface area contributed by atoms with Gasteiger partial charge in [0.25, 0.3) is 6.71 Å². The van der Waals surface area contributed by atoms with E-state index in [1.807, 2.05) is 6.07 Å². The van der Waals surface area contributed by atoms with Crippen LogP contribution in [0.25, 0.3) is 0 Å². The third-order valence-electron chi connectivity index (χ3n) is 4.62. The highest BCUT2D eigenvalue weighted by molar-refractivity contribution is 6.67. The Hall–Kier alpha value is -2.54. The Labute approximate surface area is 160 Å². The molecular weight excluding hydrogens is 344 g/mol. The molecule has 0 bridgehead atoms. The second-order valence-electron chi connectivity index (χ2n) is 7.90. The molecule has 0 saturated carbocycles. The molecule has 1 atom stereocenters. The Morgan fingerprint density at radius 3 is 2.52 bits per heavy atom. The molecule has 1 aromatic carbocycles. The molecule has 0 radical (unpaired) electrons. The van der Waals surface area contributed by atoms with Crippen molar-refractivity contribution in [3.05, 3.63) is 29.6 Å². The molecular formula is C20H25BFN3O2. The van der Waals surface area contributed by atoms with E-state index in [1.54, 1.807) is 26.8 Å². The number of esters is 1. The molecule has 2 rings (SSSR count). The van der Waals surface area contributed by atoms with E-state index in [0.29, 0.717) is 5.56 Å². The minimum atomic E-state index is -0.698. The Balaban J connectivity index is 2.02. The lowest BCUT2D eigenvalue weighted by molar-refractivity contribution is -0.154. The summed E-state index contributed by atoms with van der Waals surface area (Å²) in [6.45, 7) is 6.86. The number of ether oxygens (including phenoxy) is 1. The van der Waals surface area contributed by atoms with Crippen molar-refractivity contribution < 1.29 is 13.9 Å². The van der Waals surface area contributed by atoms with Gasteiger partial charge in [-0.1, -0.05) is 6.07 Å². The first kappa shape index (κ1) is 20.8. The van der Waals surface area contributed by atoms with Gasteiger partial charge in [-0.3, -0.25) is 4.79 Å². The van der Waals surface area contributed by atoms with E-state index in [1.165, 1.54) is 6.07 Å². The number of hydrogen-bond donors (Lipinski definition) is 0. The summed E-state index contributed by atoms with van der Waals surface area (Å²) in [6, 6.07) is 6.97. The zero-order chi connectivity index (χ0) is 20.0. The maximum atomic E-state index is 14.6. The van der Waals surface area contributed by atoms with Crippen molar-refractivity contribution in [3.63, 3.8) is 0 Å². The highest BCUT2D eigenvalue weighted by Crippen LogP contribution is 2.29. The van der Waals surface area contributed by atoms with Crippen LogP contribution < -0.4 is 4.90 Å². The second-order valence-corrected chi connectivity index (χ2v) is 7.90. The number of hydrogen-bond acceptors (Lipinski definition) is 5. The monoisotopic (exact) mass is 369 g/mol. The van der Waals surface area contributed by atoms with Crippen LogP contribution in [0.1, 0.15) is 45.1 Å². The summed E-state index contributed by atoms with van der Waals surface area (Å²) in [7, 11) is 0. The first-order valence-corrected chi connectivity index (χ1v) is 9.29. The SMILES string of the molecule is CC(C)(C)OC(=O)CCC(C#N)c1ccc(N2CCB(C#N)CC2)cc1F. The smallest absolute Gasteiger partial charge is 0.306 e. The molecule has 1 aromatic rings. The molecule has 7 heteroatoms. The molecule has 0 spiro atoms. The molecule has 1 saturated heterocycles. The van der Waals surface area contributed by atoms with Gasteiger partial charge in [0.05, 0.1) is 12.0 Å². The van der Waals surface area contributed by atoms with Crippen LogP contribution in [0.3, 0.4) is 0 Å². The van der Waals surface area contributed by atoms with Crippen LogP contribution in [-0.4, -0.2) is 31.4 Å². The molecule has 0 amide bonds. The first-order chi connectivity index (χ1) is 12.7. The molecule has 142 valence electrons. The molecule has 5 nitrogen and oxygen atoms in total. The van der Waals surface area contributed by atoms with Crippen LogP contribution in [0.4, 0.5) is 10.1 Å². The minimum absolute atomic E-state index is 0.0678. The molecule has 0 N–H and O–H groups in total. The van der Waals surface area contributed by atoms with Crippen LogP contribution in [0.2, 0.25) is 12.6 Å². The molecule has 0 aromatic heterocycles. The van der Waals surface area contributed by atoms with Crippen molar-refractivity contribution in [2.45, 2.75) is 57.8 Å². The first-order valence-electron chi connectivity index (χ1n) is 9.29. The maximum absolute atomic E-state index is 14.6. The van der Waals surface area contributed by atoms with Crippen LogP contribution in [0, 0.1) is 28.4 Å². The summed E-state index contributed by atoms with van der Waals surface area (Å²) in [6.07, 6.45) is 1.83. The average molecular weight is 369 g/mol. The number of halogens is 1. The quantitative estimate of drug-likeness (QED) is 0.581. The van der Waals surface area contributed by atoms with E-state index < -0.39 is 17.3 Å². The normalized spacial score (nSPS) is 15.6. The number of nitrogens with zero attached hydrogens (tertiary/aromatic N) is 3. The standard InChI is InChI=1S/C20H25BFN3O2/c1-20(2,3)27-19(26)7-4-15(13-23)17-6-5-16(12-18(17)22)25-10-8-21(14-24)9-11-25/h5-6,12,15H,4,7-11H2,1-3H3. The van der Waals surface area contributed by atoms with Crippen molar-refractivity contribution in [1.82, 2.24) is 0 Å². The van der Waals surface area contributed by atoms with Crippen LogP contribution in [0.15, 0.2) is 18.2 Å². The van der Waals surface area contributed by atoms with Crippen LogP contribution in [0.5, 0.6) is 0 Å². The van der Waals surface area contributed by atoms with Gasteiger partial charge >= 0.3 is 5.97 Å². The fraction of sp³-hybridized carbons (Fsp3) is 0.550. The van der Waals surface area contributed by atoms with Gasteiger partial charge in [-0.2, -0.15) is 5.26 Å². The molecule has 1 aliphatic rings. The highest BCUT2D eigenvalue weighted by Gasteiger charge is 2.24. The van der Waals surface area contributed by atoms with Gasteiger partial charge in [-0.25, -0.2) is 9.65 Å². The van der Waals surface area contributed by atoms with E-state index in [4.69, 9.17) is 10.00 Å². The van der Waals surface area contributed by atoms with Crippen molar-refractivity contribution in [1.29, 1.82) is 10.5 Å². The van der Waals surface area contributed by atoms with Crippen molar-refractivity contribution in [2.24, 2.45) is 0 Å². The van der Waals surface area contributed by atoms with E-state index >= 15 is 0 Å². The summed E-state index contributed by atoms with van der Waals surface area (Å²) in [4.78, 5) is 13.9. The Morgan fingerprint density at radius 1 is 1.33 bits per heavy atom. The van der Waals surface area contributed by atoms with Gasteiger partial charge in [0, 0.05) is 36.7 Å². The fourth-order valence-corrected chi connectivity index (χ4v) is 3.21. The zero-order valence-electron chi connectivity index (χ0n) is 16.2. The third kappa shape index (κ3) is 6.00. The molecule has 1 heterocycles. The lowest BCUT2D eigenvalue weighted by atomic mass is 9.45. The van der Waals surface area contributed by atoms with Crippen molar-refractivity contribution in [3.8, 4) is 12.0 Å². The lowest BCUT2D eigenvalue weighted by Gasteiger charge is -2.30. The van der Waals surface area contributed by atoms with Gasteiger partial charge in [0.2, 0.25) is 0 Å². The van der Waals surface area contributed by atoms with Crippen LogP contribution in [-0.2, 0) is 9.53 Å². The number of nitriles is 2. The van der Waals surface area contributed by atoms with Gasteiger partial charge in [0.15, 0.2) is 0 Å². The van der Waals surface area contributed by atoms with Crippen molar-refractivity contribution in [2.75, 3.05) is 18.0 Å². The molecule has 0 aliphatic carbocycles. The number of benzene rings is 1. The Morgan fingerprint density at radius 2 is 2.00 bits per heavy atom. The summed E-state index contributed by atoms with van der Waals surface area (Å²) in [5, 5.41) is 18.4. The summed E-state index contributed by atoms with van der Waals surface area (Å²) in [5.41, 5.74) is 0.485. The van der Waals surface area contributed by atoms with Gasteiger partial charge in [-0.15, -0.1) is 0 Å². The fourth-order valence-electron chi connectivity index (χ4n) is 3.21. The van der Waals surface area contributed by atoms with Gasteiger partial charge < -0.3 is 9.64 Å². The van der Waals surface area contributed by atoms with E-state index in [2.05, 4.69) is 16.9 Å². The topological polar surface area (TPSA) is 77.1 Å². The van der Waals surface area contributed by atoms with Crippen LogP contribution >= 0.6 is 0 Å². The van der Waals surface area contributed by atoms with E-state index in [9.17, 15) is 14.4 Å². The van der Waals surface area contributed by atoms with E-state index in [-0.39, 0.29) is 25.5 Å². The van der Waals surface area contributed by atoms with Gasteiger partial charge in [-0.05, 0) is 52.0 Å². The maximum Gasteiger partial charge on any atom is 0.306 e. The Kier molecular flexibility index (Phi) is 6.85. The number of rotatable bonds is 5. The summed E-state index contributed by atoms with van der Waals surface area (Å²) < 4.78 is 19.9. The average Bonchev–Trinajstić information content (AvgIpc) is 2.62. The van der Waals surface area contributed by atoms with E-state index in [0.717, 1.165) is 31.4 Å². The minimum Gasteiger partial charge on any atom is -0.460 e.